The van der Waals surface area contributed by atoms with Gasteiger partial charge in [0, 0.05) is 51.4 Å². The van der Waals surface area contributed by atoms with E-state index in [1.54, 1.807) is 0 Å². The number of fused-ring (bicyclic) bond motifs is 6. The molecule has 0 saturated carbocycles. The van der Waals surface area contributed by atoms with E-state index < -0.39 is 0 Å². The number of hydrogen-bond donors (Lipinski definition) is 0. The number of rotatable bonds is 2. The minimum absolute atomic E-state index is 0.791. The fourth-order valence-electron chi connectivity index (χ4n) is 6.11. The van der Waals surface area contributed by atoms with Crippen molar-refractivity contribution in [2.24, 2.45) is 0 Å². The highest BCUT2D eigenvalue weighted by Crippen LogP contribution is 2.46. The molecule has 4 nitrogen and oxygen atoms in total. The zero-order chi connectivity index (χ0) is 24.9. The highest BCUT2D eigenvalue weighted by molar-refractivity contribution is 9.10. The van der Waals surface area contributed by atoms with E-state index in [2.05, 4.69) is 86.5 Å². The van der Waals surface area contributed by atoms with E-state index in [0.717, 1.165) is 80.3 Å². The Balaban J connectivity index is 1.53. The normalized spacial score (nSPS) is 14.9. The molecule has 2 aromatic heterocycles. The summed E-state index contributed by atoms with van der Waals surface area (Å²) in [7, 11) is 0. The minimum Gasteiger partial charge on any atom is -0.370 e. The largest absolute Gasteiger partial charge is 0.370 e. The molecule has 3 aromatic carbocycles. The zero-order valence-corrected chi connectivity index (χ0v) is 22.1. The zero-order valence-electron chi connectivity index (χ0n) is 20.5. The standard InChI is InChI=1S/C32H25BrN4/c33-23-10-8-20(9-11-23)25-18-29(37-15-2-1-3-16-37)27(19-34)30-24(25)12-13-28-26(30)17-22-7-6-21-5-4-14-35-31(21)32(22)36-28/h4-11,14,17-18H,1-3,12-13,15-16H2. The minimum atomic E-state index is 0.791. The second-order valence-corrected chi connectivity index (χ2v) is 10.9. The highest BCUT2D eigenvalue weighted by atomic mass is 79.9. The van der Waals surface area contributed by atoms with Crippen molar-refractivity contribution in [3.8, 4) is 28.3 Å². The second kappa shape index (κ2) is 8.97. The maximum absolute atomic E-state index is 10.6. The van der Waals surface area contributed by atoms with Crippen molar-refractivity contribution in [2.45, 2.75) is 32.1 Å². The van der Waals surface area contributed by atoms with Crippen LogP contribution >= 0.6 is 15.9 Å². The van der Waals surface area contributed by atoms with E-state index in [9.17, 15) is 5.26 Å². The van der Waals surface area contributed by atoms with Crippen LogP contribution in [0.15, 0.2) is 71.3 Å². The van der Waals surface area contributed by atoms with E-state index in [1.165, 1.54) is 36.0 Å². The molecule has 5 heteroatoms. The summed E-state index contributed by atoms with van der Waals surface area (Å²) in [6, 6.07) is 24.0. The molecular weight excluding hydrogens is 520 g/mol. The molecule has 0 radical (unpaired) electrons. The van der Waals surface area contributed by atoms with Gasteiger partial charge in [-0.2, -0.15) is 5.26 Å². The van der Waals surface area contributed by atoms with Gasteiger partial charge in [-0.1, -0.05) is 46.3 Å². The first-order valence-electron chi connectivity index (χ1n) is 13.0. The molecule has 1 saturated heterocycles. The first-order valence-corrected chi connectivity index (χ1v) is 13.8. The third-order valence-corrected chi connectivity index (χ3v) is 8.42. The predicted octanol–water partition coefficient (Wildman–Crippen LogP) is 7.84. The number of benzene rings is 3. The maximum Gasteiger partial charge on any atom is 0.102 e. The van der Waals surface area contributed by atoms with Crippen LogP contribution in [-0.4, -0.2) is 23.1 Å². The average molecular weight is 545 g/mol. The van der Waals surface area contributed by atoms with E-state index in [-0.39, 0.29) is 0 Å². The molecule has 0 bridgehead atoms. The molecule has 0 unspecified atom stereocenters. The van der Waals surface area contributed by atoms with Crippen molar-refractivity contribution in [3.63, 3.8) is 0 Å². The monoisotopic (exact) mass is 544 g/mol. The Hall–Kier alpha value is -3.75. The van der Waals surface area contributed by atoms with Crippen LogP contribution in [0.4, 0.5) is 5.69 Å². The van der Waals surface area contributed by atoms with Crippen molar-refractivity contribution >= 4 is 43.4 Å². The molecular formula is C32H25BrN4. The number of aryl methyl sites for hydroxylation is 1. The summed E-state index contributed by atoms with van der Waals surface area (Å²) in [5, 5.41) is 12.7. The molecule has 0 atom stereocenters. The van der Waals surface area contributed by atoms with Gasteiger partial charge in [-0.25, -0.2) is 4.98 Å². The van der Waals surface area contributed by atoms with E-state index >= 15 is 0 Å². The lowest BCUT2D eigenvalue weighted by molar-refractivity contribution is 0.577. The third kappa shape index (κ3) is 3.70. The van der Waals surface area contributed by atoms with Crippen LogP contribution in [0.25, 0.3) is 44.1 Å². The second-order valence-electron chi connectivity index (χ2n) is 10.0. The summed E-state index contributed by atoms with van der Waals surface area (Å²) in [6.07, 6.45) is 7.13. The molecule has 37 heavy (non-hydrogen) atoms. The van der Waals surface area contributed by atoms with Crippen LogP contribution in [0.3, 0.4) is 0 Å². The summed E-state index contributed by atoms with van der Waals surface area (Å²) in [4.78, 5) is 12.3. The van der Waals surface area contributed by atoms with Crippen LogP contribution in [0.5, 0.6) is 0 Å². The number of hydrogen-bond acceptors (Lipinski definition) is 4. The number of nitrogens with zero attached hydrogens (tertiary/aromatic N) is 4. The van der Waals surface area contributed by atoms with Gasteiger partial charge in [0.05, 0.1) is 22.3 Å². The third-order valence-electron chi connectivity index (χ3n) is 7.90. The molecule has 2 aliphatic rings. The van der Waals surface area contributed by atoms with Gasteiger partial charge in [-0.05, 0) is 79.1 Å². The molecule has 7 rings (SSSR count). The highest BCUT2D eigenvalue weighted by Gasteiger charge is 2.29. The first kappa shape index (κ1) is 22.4. The van der Waals surface area contributed by atoms with Crippen LogP contribution in [-0.2, 0) is 12.8 Å². The lowest BCUT2D eigenvalue weighted by atomic mass is 9.80. The van der Waals surface area contributed by atoms with Crippen molar-refractivity contribution in [1.82, 2.24) is 9.97 Å². The number of pyridine rings is 2. The fraction of sp³-hybridized carbons (Fsp3) is 0.219. The van der Waals surface area contributed by atoms with Crippen molar-refractivity contribution in [2.75, 3.05) is 18.0 Å². The van der Waals surface area contributed by atoms with Crippen molar-refractivity contribution in [1.29, 1.82) is 5.26 Å². The fourth-order valence-corrected chi connectivity index (χ4v) is 6.38. The van der Waals surface area contributed by atoms with Gasteiger partial charge in [0.15, 0.2) is 0 Å². The predicted molar refractivity (Wildman–Crippen MR) is 154 cm³/mol. The summed E-state index contributed by atoms with van der Waals surface area (Å²) >= 11 is 3.59. The molecule has 1 fully saturated rings. The van der Waals surface area contributed by atoms with Crippen LogP contribution in [0.2, 0.25) is 0 Å². The Bertz CT molecular complexity index is 1730. The van der Waals surface area contributed by atoms with E-state index in [1.807, 2.05) is 12.3 Å². The summed E-state index contributed by atoms with van der Waals surface area (Å²) in [5.41, 5.74) is 10.6. The number of anilines is 1. The Morgan fingerprint density at radius 2 is 1.65 bits per heavy atom. The van der Waals surface area contributed by atoms with E-state index in [0.29, 0.717) is 0 Å². The summed E-state index contributed by atoms with van der Waals surface area (Å²) in [6.45, 7) is 1.99. The first-order chi connectivity index (χ1) is 18.2. The average Bonchev–Trinajstić information content (AvgIpc) is 2.96. The lowest BCUT2D eigenvalue weighted by Crippen LogP contribution is -2.30. The van der Waals surface area contributed by atoms with Crippen molar-refractivity contribution in [3.05, 3.63) is 88.2 Å². The SMILES string of the molecule is N#Cc1c(N2CCCCC2)cc(-c2ccc(Br)cc2)c2c1-c1cc3ccc4cccnc4c3nc1CC2. The molecule has 180 valence electrons. The van der Waals surface area contributed by atoms with Crippen molar-refractivity contribution < 1.29 is 0 Å². The maximum atomic E-state index is 10.6. The smallest absolute Gasteiger partial charge is 0.102 e. The topological polar surface area (TPSA) is 52.8 Å². The quantitative estimate of drug-likeness (QED) is 0.212. The van der Waals surface area contributed by atoms with Gasteiger partial charge in [-0.3, -0.25) is 4.98 Å². The van der Waals surface area contributed by atoms with Crippen LogP contribution < -0.4 is 4.90 Å². The lowest BCUT2D eigenvalue weighted by Gasteiger charge is -2.33. The van der Waals surface area contributed by atoms with Crippen LogP contribution in [0, 0.1) is 11.3 Å². The number of halogens is 1. The Labute approximate surface area is 224 Å². The molecule has 1 aliphatic carbocycles. The summed E-state index contributed by atoms with van der Waals surface area (Å²) < 4.78 is 1.07. The van der Waals surface area contributed by atoms with Gasteiger partial charge < -0.3 is 4.90 Å². The molecule has 0 N–H and O–H groups in total. The van der Waals surface area contributed by atoms with Gasteiger partial charge in [-0.15, -0.1) is 0 Å². The summed E-state index contributed by atoms with van der Waals surface area (Å²) in [5.74, 6) is 0. The number of aromatic nitrogens is 2. The molecule has 1 aliphatic heterocycles. The molecule has 5 aromatic rings. The molecule has 0 amide bonds. The number of piperidine rings is 1. The number of nitriles is 1. The van der Waals surface area contributed by atoms with Crippen LogP contribution in [0.1, 0.15) is 36.1 Å². The van der Waals surface area contributed by atoms with Gasteiger partial charge in [0.2, 0.25) is 0 Å². The van der Waals surface area contributed by atoms with Gasteiger partial charge in [0.1, 0.15) is 6.07 Å². The molecule has 3 heterocycles. The Morgan fingerprint density at radius 1 is 0.838 bits per heavy atom. The van der Waals surface area contributed by atoms with E-state index in [4.69, 9.17) is 4.98 Å². The Morgan fingerprint density at radius 3 is 2.46 bits per heavy atom. The van der Waals surface area contributed by atoms with Gasteiger partial charge in [0.25, 0.3) is 0 Å². The van der Waals surface area contributed by atoms with Gasteiger partial charge >= 0.3 is 0 Å². The molecule has 0 spiro atoms. The Kier molecular flexibility index (Phi) is 5.44.